The van der Waals surface area contributed by atoms with Crippen molar-refractivity contribution in [3.63, 3.8) is 0 Å². The molecule has 0 N–H and O–H groups in total. The molecule has 14 heavy (non-hydrogen) atoms. The van der Waals surface area contributed by atoms with Crippen LogP contribution in [-0.2, 0) is 0 Å². The minimum absolute atomic E-state index is 0.470. The van der Waals surface area contributed by atoms with E-state index in [0.29, 0.717) is 0 Å². The van der Waals surface area contributed by atoms with Crippen LogP contribution < -0.4 is 4.90 Å². The number of nitro groups is 1. The molecule has 1 rings (SSSR count). The number of anilines is 1. The quantitative estimate of drug-likeness (QED) is 0.543. The zero-order chi connectivity index (χ0) is 10.6. The van der Waals surface area contributed by atoms with E-state index in [0.717, 1.165) is 17.5 Å². The normalized spacial score (nSPS) is 10.4. The molecular formula is C10H12N2O2. The molecular weight excluding hydrogens is 180 g/mol. The summed E-state index contributed by atoms with van der Waals surface area (Å²) in [6.07, 6.45) is 2.42. The second-order valence-electron chi connectivity index (χ2n) is 3.09. The van der Waals surface area contributed by atoms with Gasteiger partial charge in [0.1, 0.15) is 0 Å². The topological polar surface area (TPSA) is 46.4 Å². The van der Waals surface area contributed by atoms with Gasteiger partial charge in [0.25, 0.3) is 0 Å². The second kappa shape index (κ2) is 4.41. The van der Waals surface area contributed by atoms with Crippen LogP contribution in [0.5, 0.6) is 0 Å². The van der Waals surface area contributed by atoms with Gasteiger partial charge in [-0.1, -0.05) is 12.1 Å². The van der Waals surface area contributed by atoms with Crippen molar-refractivity contribution in [3.8, 4) is 0 Å². The van der Waals surface area contributed by atoms with Gasteiger partial charge in [0.15, 0.2) is 0 Å². The number of benzene rings is 1. The fourth-order valence-electron chi connectivity index (χ4n) is 1.05. The van der Waals surface area contributed by atoms with E-state index in [1.54, 1.807) is 0 Å². The Morgan fingerprint density at radius 2 is 2.14 bits per heavy atom. The van der Waals surface area contributed by atoms with Gasteiger partial charge in [0.2, 0.25) is 6.20 Å². The van der Waals surface area contributed by atoms with Crippen molar-refractivity contribution in [1.29, 1.82) is 0 Å². The Kier molecular flexibility index (Phi) is 3.23. The van der Waals surface area contributed by atoms with Gasteiger partial charge in [-0.25, -0.2) is 0 Å². The lowest BCUT2D eigenvalue weighted by Gasteiger charge is -2.12. The molecule has 1 aromatic rings. The predicted molar refractivity (Wildman–Crippen MR) is 56.8 cm³/mol. The average molecular weight is 192 g/mol. The molecule has 0 aromatic heterocycles. The highest BCUT2D eigenvalue weighted by Gasteiger charge is 1.95. The molecule has 0 aliphatic carbocycles. The smallest absolute Gasteiger partial charge is 0.235 e. The Balaban J connectivity index is 2.89. The Morgan fingerprint density at radius 1 is 1.43 bits per heavy atom. The van der Waals surface area contributed by atoms with Gasteiger partial charge in [-0.15, -0.1) is 0 Å². The van der Waals surface area contributed by atoms with Gasteiger partial charge in [-0.2, -0.15) is 0 Å². The highest BCUT2D eigenvalue weighted by molar-refractivity contribution is 5.57. The van der Waals surface area contributed by atoms with Crippen molar-refractivity contribution in [1.82, 2.24) is 0 Å². The number of nitrogens with zero attached hydrogens (tertiary/aromatic N) is 2. The van der Waals surface area contributed by atoms with Crippen molar-refractivity contribution in [2.24, 2.45) is 0 Å². The molecule has 0 atom stereocenters. The molecule has 0 aliphatic heterocycles. The summed E-state index contributed by atoms with van der Waals surface area (Å²) in [5, 5.41) is 10.1. The second-order valence-corrected chi connectivity index (χ2v) is 3.09. The van der Waals surface area contributed by atoms with Crippen molar-refractivity contribution in [2.45, 2.75) is 0 Å². The standard InChI is InChI=1S/C10H12N2O2/c1-11(2)10-5-3-4-9(8-10)6-7-12(13)14/h3-8H,1-2H3/b7-6+. The molecule has 0 radical (unpaired) electrons. The fraction of sp³-hybridized carbons (Fsp3) is 0.200. The molecule has 4 nitrogen and oxygen atoms in total. The van der Waals surface area contributed by atoms with E-state index >= 15 is 0 Å². The van der Waals surface area contributed by atoms with Crippen LogP contribution in [0.2, 0.25) is 0 Å². The molecule has 0 heterocycles. The minimum atomic E-state index is -0.470. The predicted octanol–water partition coefficient (Wildman–Crippen LogP) is 2.00. The molecule has 0 bridgehead atoms. The number of hydrogen-bond donors (Lipinski definition) is 0. The van der Waals surface area contributed by atoms with Gasteiger partial charge in [0.05, 0.1) is 4.92 Å². The van der Waals surface area contributed by atoms with Gasteiger partial charge in [-0.3, -0.25) is 10.1 Å². The maximum Gasteiger partial charge on any atom is 0.235 e. The van der Waals surface area contributed by atoms with Gasteiger partial charge < -0.3 is 4.90 Å². The lowest BCUT2D eigenvalue weighted by molar-refractivity contribution is -0.400. The van der Waals surface area contributed by atoms with E-state index < -0.39 is 4.92 Å². The molecule has 74 valence electrons. The van der Waals surface area contributed by atoms with Crippen molar-refractivity contribution < 1.29 is 4.92 Å². The van der Waals surface area contributed by atoms with Crippen molar-refractivity contribution in [2.75, 3.05) is 19.0 Å². The largest absolute Gasteiger partial charge is 0.378 e. The van der Waals surface area contributed by atoms with Crippen LogP contribution in [-0.4, -0.2) is 19.0 Å². The molecule has 0 aliphatic rings. The van der Waals surface area contributed by atoms with Crippen LogP contribution in [0.25, 0.3) is 6.08 Å². The van der Waals surface area contributed by atoms with E-state index in [1.807, 2.05) is 43.3 Å². The van der Waals surface area contributed by atoms with Crippen LogP contribution in [0, 0.1) is 10.1 Å². The highest BCUT2D eigenvalue weighted by Crippen LogP contribution is 2.14. The summed E-state index contributed by atoms with van der Waals surface area (Å²) in [5.74, 6) is 0. The third-order valence-electron chi connectivity index (χ3n) is 1.78. The lowest BCUT2D eigenvalue weighted by Crippen LogP contribution is -2.08. The molecule has 4 heteroatoms. The fourth-order valence-corrected chi connectivity index (χ4v) is 1.05. The molecule has 0 amide bonds. The summed E-state index contributed by atoms with van der Waals surface area (Å²) in [7, 11) is 3.85. The van der Waals surface area contributed by atoms with Crippen LogP contribution >= 0.6 is 0 Å². The highest BCUT2D eigenvalue weighted by atomic mass is 16.6. The monoisotopic (exact) mass is 192 g/mol. The van der Waals surface area contributed by atoms with Crippen LogP contribution in [0.4, 0.5) is 5.69 Å². The minimum Gasteiger partial charge on any atom is -0.378 e. The summed E-state index contributed by atoms with van der Waals surface area (Å²) in [5.41, 5.74) is 1.85. The maximum absolute atomic E-state index is 10.1. The third-order valence-corrected chi connectivity index (χ3v) is 1.78. The summed E-state index contributed by atoms with van der Waals surface area (Å²) in [6, 6.07) is 7.53. The van der Waals surface area contributed by atoms with Crippen molar-refractivity contribution in [3.05, 3.63) is 46.1 Å². The van der Waals surface area contributed by atoms with E-state index in [2.05, 4.69) is 0 Å². The van der Waals surface area contributed by atoms with Crippen LogP contribution in [0.15, 0.2) is 30.5 Å². The zero-order valence-electron chi connectivity index (χ0n) is 8.18. The van der Waals surface area contributed by atoms with E-state index in [9.17, 15) is 10.1 Å². The average Bonchev–Trinajstić information content (AvgIpc) is 2.15. The Bertz CT molecular complexity index is 359. The first-order valence-corrected chi connectivity index (χ1v) is 4.18. The number of hydrogen-bond acceptors (Lipinski definition) is 3. The Hall–Kier alpha value is -1.84. The van der Waals surface area contributed by atoms with Crippen molar-refractivity contribution >= 4 is 11.8 Å². The molecule has 0 saturated carbocycles. The van der Waals surface area contributed by atoms with Crippen LogP contribution in [0.3, 0.4) is 0 Å². The summed E-state index contributed by atoms with van der Waals surface area (Å²) >= 11 is 0. The van der Waals surface area contributed by atoms with Gasteiger partial charge in [0, 0.05) is 25.9 Å². The SMILES string of the molecule is CN(C)c1cccc(/C=C/[N+](=O)[O-])c1. The molecule has 0 fully saturated rings. The van der Waals surface area contributed by atoms with Gasteiger partial charge >= 0.3 is 0 Å². The molecule has 0 unspecified atom stereocenters. The Morgan fingerprint density at radius 3 is 2.71 bits per heavy atom. The van der Waals surface area contributed by atoms with E-state index in [1.165, 1.54) is 6.08 Å². The zero-order valence-corrected chi connectivity index (χ0v) is 8.18. The van der Waals surface area contributed by atoms with E-state index in [4.69, 9.17) is 0 Å². The first-order valence-electron chi connectivity index (χ1n) is 4.18. The molecule has 0 saturated heterocycles. The van der Waals surface area contributed by atoms with E-state index in [-0.39, 0.29) is 0 Å². The first kappa shape index (κ1) is 10.2. The first-order chi connectivity index (χ1) is 6.59. The summed E-state index contributed by atoms with van der Waals surface area (Å²) in [4.78, 5) is 11.6. The maximum atomic E-state index is 10.1. The number of rotatable bonds is 3. The van der Waals surface area contributed by atoms with Crippen LogP contribution in [0.1, 0.15) is 5.56 Å². The Labute approximate surface area is 82.6 Å². The molecule has 1 aromatic carbocycles. The summed E-state index contributed by atoms with van der Waals surface area (Å²) < 4.78 is 0. The molecule has 0 spiro atoms. The summed E-state index contributed by atoms with van der Waals surface area (Å²) in [6.45, 7) is 0. The third kappa shape index (κ3) is 2.90. The van der Waals surface area contributed by atoms with Gasteiger partial charge in [-0.05, 0) is 17.7 Å². The lowest BCUT2D eigenvalue weighted by atomic mass is 10.2.